The van der Waals surface area contributed by atoms with Crippen LogP contribution in [0.2, 0.25) is 0 Å². The highest BCUT2D eigenvalue weighted by atomic mass is 32.2. The number of aromatic nitrogens is 1. The van der Waals surface area contributed by atoms with E-state index in [2.05, 4.69) is 10.3 Å². The van der Waals surface area contributed by atoms with Crippen molar-refractivity contribution >= 4 is 38.4 Å². The van der Waals surface area contributed by atoms with Crippen molar-refractivity contribution in [1.82, 2.24) is 9.29 Å². The molecule has 1 N–H and O–H groups in total. The Labute approximate surface area is 202 Å². The van der Waals surface area contributed by atoms with E-state index in [1.807, 2.05) is 35.7 Å². The van der Waals surface area contributed by atoms with Crippen molar-refractivity contribution in [3.8, 4) is 11.3 Å². The molecule has 0 saturated carbocycles. The number of piperidine rings is 1. The van der Waals surface area contributed by atoms with Gasteiger partial charge in [0.25, 0.3) is 5.91 Å². The van der Waals surface area contributed by atoms with Crippen LogP contribution in [0.3, 0.4) is 0 Å². The number of hydrogen-bond donors (Lipinski definition) is 1. The number of nitrogens with one attached hydrogen (secondary N) is 1. The van der Waals surface area contributed by atoms with Gasteiger partial charge in [-0.2, -0.15) is 4.31 Å². The molecule has 8 nitrogen and oxygen atoms in total. The van der Waals surface area contributed by atoms with Crippen molar-refractivity contribution in [3.63, 3.8) is 0 Å². The van der Waals surface area contributed by atoms with Crippen LogP contribution in [0.4, 0.5) is 5.13 Å². The second-order valence-corrected chi connectivity index (χ2v) is 10.8. The largest absolute Gasteiger partial charge is 0.452 e. The number of amides is 1. The molecule has 34 heavy (non-hydrogen) atoms. The van der Waals surface area contributed by atoms with Crippen LogP contribution < -0.4 is 5.32 Å². The van der Waals surface area contributed by atoms with Gasteiger partial charge in [-0.1, -0.05) is 48.5 Å². The van der Waals surface area contributed by atoms with Crippen molar-refractivity contribution in [2.45, 2.75) is 30.8 Å². The number of nitrogens with zero attached hydrogens (tertiary/aromatic N) is 2. The Balaban J connectivity index is 1.28. The summed E-state index contributed by atoms with van der Waals surface area (Å²) in [4.78, 5) is 29.8. The van der Waals surface area contributed by atoms with E-state index in [-0.39, 0.29) is 18.0 Å². The molecule has 0 spiro atoms. The van der Waals surface area contributed by atoms with Gasteiger partial charge in [0.15, 0.2) is 11.2 Å². The number of carbonyl (C=O) groups excluding carboxylic acids is 2. The Morgan fingerprint density at radius 3 is 2.32 bits per heavy atom. The summed E-state index contributed by atoms with van der Waals surface area (Å²) in [7, 11) is -3.59. The topological polar surface area (TPSA) is 106 Å². The summed E-state index contributed by atoms with van der Waals surface area (Å²) in [5.41, 5.74) is 1.70. The molecule has 1 aliphatic heterocycles. The first-order valence-electron chi connectivity index (χ1n) is 10.9. The Morgan fingerprint density at radius 1 is 1.06 bits per heavy atom. The van der Waals surface area contributed by atoms with Crippen molar-refractivity contribution in [2.75, 3.05) is 18.4 Å². The van der Waals surface area contributed by atoms with Gasteiger partial charge in [-0.25, -0.2) is 13.4 Å². The normalized spacial score (nSPS) is 16.0. The fourth-order valence-electron chi connectivity index (χ4n) is 3.68. The van der Waals surface area contributed by atoms with Crippen LogP contribution in [0, 0.1) is 5.92 Å². The van der Waals surface area contributed by atoms with E-state index in [9.17, 15) is 18.0 Å². The molecule has 10 heteroatoms. The molecule has 178 valence electrons. The van der Waals surface area contributed by atoms with Crippen LogP contribution in [0.5, 0.6) is 0 Å². The summed E-state index contributed by atoms with van der Waals surface area (Å²) in [6, 6.07) is 17.8. The lowest BCUT2D eigenvalue weighted by molar-refractivity contribution is -0.158. The van der Waals surface area contributed by atoms with Gasteiger partial charge in [0, 0.05) is 24.0 Å². The molecule has 1 fully saturated rings. The van der Waals surface area contributed by atoms with Gasteiger partial charge in [-0.05, 0) is 31.9 Å². The van der Waals surface area contributed by atoms with E-state index in [1.165, 1.54) is 22.6 Å². The van der Waals surface area contributed by atoms with Crippen LogP contribution in [-0.2, 0) is 24.3 Å². The van der Waals surface area contributed by atoms with E-state index in [0.717, 1.165) is 11.3 Å². The molecule has 1 saturated heterocycles. The van der Waals surface area contributed by atoms with Gasteiger partial charge < -0.3 is 4.74 Å². The Morgan fingerprint density at radius 2 is 1.68 bits per heavy atom. The molecular weight excluding hydrogens is 474 g/mol. The van der Waals surface area contributed by atoms with Crippen molar-refractivity contribution < 1.29 is 22.7 Å². The zero-order valence-electron chi connectivity index (χ0n) is 18.6. The van der Waals surface area contributed by atoms with Crippen molar-refractivity contribution in [1.29, 1.82) is 0 Å². The van der Waals surface area contributed by atoms with Crippen LogP contribution in [-0.4, -0.2) is 48.8 Å². The Bertz CT molecular complexity index is 1240. The van der Waals surface area contributed by atoms with Crippen molar-refractivity contribution in [3.05, 3.63) is 66.0 Å². The molecule has 0 bridgehead atoms. The first-order valence-corrected chi connectivity index (χ1v) is 13.2. The molecule has 1 aromatic heterocycles. The van der Waals surface area contributed by atoms with Crippen LogP contribution in [0.25, 0.3) is 11.3 Å². The third-order valence-corrected chi connectivity index (χ3v) is 8.30. The average Bonchev–Trinajstić information content (AvgIpc) is 3.33. The number of sulfonamides is 1. The fourth-order valence-corrected chi connectivity index (χ4v) is 5.89. The predicted molar refractivity (Wildman–Crippen MR) is 130 cm³/mol. The summed E-state index contributed by atoms with van der Waals surface area (Å²) in [6.07, 6.45) is -0.319. The van der Waals surface area contributed by atoms with Gasteiger partial charge in [0.05, 0.1) is 16.5 Å². The first kappa shape index (κ1) is 24.1. The van der Waals surface area contributed by atoms with Crippen LogP contribution in [0.1, 0.15) is 19.8 Å². The lowest BCUT2D eigenvalue weighted by atomic mass is 9.98. The van der Waals surface area contributed by atoms with Crippen LogP contribution in [0.15, 0.2) is 70.9 Å². The van der Waals surface area contributed by atoms with Crippen LogP contribution >= 0.6 is 11.3 Å². The molecular formula is C24H25N3O5S2. The highest BCUT2D eigenvalue weighted by Crippen LogP contribution is 2.26. The zero-order valence-corrected chi connectivity index (χ0v) is 20.2. The quantitative estimate of drug-likeness (QED) is 0.496. The standard InChI is InChI=1S/C24H25N3O5S2/c1-17(22(28)26-24-25-21(16-33-24)18-8-4-2-5-9-18)32-23(29)19-12-14-27(15-13-19)34(30,31)20-10-6-3-7-11-20/h2-11,16-17,19H,12-15H2,1H3,(H,25,26,28)/t17-/m1/s1. The lowest BCUT2D eigenvalue weighted by Gasteiger charge is -2.30. The highest BCUT2D eigenvalue weighted by molar-refractivity contribution is 7.89. The average molecular weight is 500 g/mol. The Hall–Kier alpha value is -3.08. The number of thiazole rings is 1. The van der Waals surface area contributed by atoms with Crippen molar-refractivity contribution in [2.24, 2.45) is 5.92 Å². The minimum atomic E-state index is -3.59. The molecule has 2 heterocycles. The summed E-state index contributed by atoms with van der Waals surface area (Å²) in [6.45, 7) is 1.95. The third kappa shape index (κ3) is 5.52. The second kappa shape index (κ2) is 10.5. The molecule has 2 aromatic carbocycles. The molecule has 0 unspecified atom stereocenters. The number of carbonyl (C=O) groups is 2. The number of rotatable bonds is 7. The van der Waals surface area contributed by atoms with Gasteiger partial charge in [0.1, 0.15) is 0 Å². The molecule has 0 aliphatic carbocycles. The van der Waals surface area contributed by atoms with Gasteiger partial charge in [-0.3, -0.25) is 14.9 Å². The summed E-state index contributed by atoms with van der Waals surface area (Å²) >= 11 is 1.29. The monoisotopic (exact) mass is 499 g/mol. The lowest BCUT2D eigenvalue weighted by Crippen LogP contribution is -2.41. The summed E-state index contributed by atoms with van der Waals surface area (Å²) in [5.74, 6) is -1.42. The fraction of sp³-hybridized carbons (Fsp3) is 0.292. The van der Waals surface area contributed by atoms with Gasteiger partial charge in [-0.15, -0.1) is 11.3 Å². The molecule has 1 amide bonds. The van der Waals surface area contributed by atoms with E-state index in [1.54, 1.807) is 30.3 Å². The Kier molecular flexibility index (Phi) is 7.40. The molecule has 0 radical (unpaired) electrons. The smallest absolute Gasteiger partial charge is 0.309 e. The molecule has 4 rings (SSSR count). The van der Waals surface area contributed by atoms with E-state index < -0.39 is 33.9 Å². The number of hydrogen-bond acceptors (Lipinski definition) is 7. The van der Waals surface area contributed by atoms with Gasteiger partial charge >= 0.3 is 5.97 Å². The zero-order chi connectivity index (χ0) is 24.1. The predicted octanol–water partition coefficient (Wildman–Crippen LogP) is 3.78. The summed E-state index contributed by atoms with van der Waals surface area (Å²) < 4.78 is 32.3. The van der Waals surface area contributed by atoms with E-state index >= 15 is 0 Å². The maximum absolute atomic E-state index is 12.7. The summed E-state index contributed by atoms with van der Waals surface area (Å²) in [5, 5.41) is 4.96. The molecule has 1 atom stereocenters. The molecule has 3 aromatic rings. The second-order valence-electron chi connectivity index (χ2n) is 7.96. The molecule has 1 aliphatic rings. The third-order valence-electron chi connectivity index (χ3n) is 5.63. The maximum atomic E-state index is 12.7. The maximum Gasteiger partial charge on any atom is 0.309 e. The first-order chi connectivity index (χ1) is 16.3. The van der Waals surface area contributed by atoms with E-state index in [4.69, 9.17) is 4.74 Å². The SMILES string of the molecule is C[C@@H](OC(=O)C1CCN(S(=O)(=O)c2ccccc2)CC1)C(=O)Nc1nc(-c2ccccc2)cs1. The minimum Gasteiger partial charge on any atom is -0.452 e. The van der Waals surface area contributed by atoms with E-state index in [0.29, 0.717) is 18.0 Å². The number of esters is 1. The number of anilines is 1. The minimum absolute atomic E-state index is 0.221. The number of benzene rings is 2. The van der Waals surface area contributed by atoms with Gasteiger partial charge in [0.2, 0.25) is 10.0 Å². The highest BCUT2D eigenvalue weighted by Gasteiger charge is 2.34. The number of ether oxygens (including phenoxy) is 1.